The van der Waals surface area contributed by atoms with Crippen LogP contribution < -0.4 is 0 Å². The lowest BCUT2D eigenvalue weighted by Crippen LogP contribution is -2.61. The third-order valence-electron chi connectivity index (χ3n) is 4.69. The van der Waals surface area contributed by atoms with Gasteiger partial charge in [0.05, 0.1) is 6.42 Å². The van der Waals surface area contributed by atoms with Crippen LogP contribution in [-0.2, 0) is 19.1 Å². The molecule has 146 valence electrons. The predicted molar refractivity (Wildman–Crippen MR) is 92.6 cm³/mol. The number of carboxylic acids is 3. The highest BCUT2D eigenvalue weighted by Crippen LogP contribution is 2.47. The van der Waals surface area contributed by atoms with Gasteiger partial charge in [0.15, 0.2) is 5.60 Å². The number of aliphatic carboxylic acids is 3. The summed E-state index contributed by atoms with van der Waals surface area (Å²) in [6.45, 7) is 5.67. The zero-order valence-electron chi connectivity index (χ0n) is 15.5. The van der Waals surface area contributed by atoms with E-state index in [1.54, 1.807) is 0 Å². The van der Waals surface area contributed by atoms with Crippen LogP contribution in [0.25, 0.3) is 0 Å². The third-order valence-corrected chi connectivity index (χ3v) is 4.69. The SMILES string of the molecule is CCCCOC(CC(=O)O)(C(=O)O)C(CCCC)(CCCC)C(=O)O. The first-order chi connectivity index (χ1) is 11.7. The number of unbranched alkanes of at least 4 members (excludes halogenated alkanes) is 3. The molecule has 0 saturated heterocycles. The van der Waals surface area contributed by atoms with Crippen LogP contribution >= 0.6 is 0 Å². The molecule has 25 heavy (non-hydrogen) atoms. The van der Waals surface area contributed by atoms with E-state index >= 15 is 0 Å². The van der Waals surface area contributed by atoms with Crippen molar-refractivity contribution in [1.29, 1.82) is 0 Å². The van der Waals surface area contributed by atoms with E-state index in [-0.39, 0.29) is 19.4 Å². The summed E-state index contributed by atoms with van der Waals surface area (Å²) in [5.41, 5.74) is -4.04. The fraction of sp³-hybridized carbons (Fsp3) is 0.833. The molecule has 0 fully saturated rings. The van der Waals surface area contributed by atoms with Gasteiger partial charge in [-0.15, -0.1) is 0 Å². The third kappa shape index (κ3) is 5.70. The molecule has 1 atom stereocenters. The highest BCUT2D eigenvalue weighted by atomic mass is 16.5. The van der Waals surface area contributed by atoms with Gasteiger partial charge in [0.25, 0.3) is 0 Å². The molecule has 0 aromatic rings. The molecule has 0 aliphatic heterocycles. The standard InChI is InChI=1S/C18H32O7/c1-4-7-10-17(15(21)22,11-8-5-2)18(16(23)24,13-14(19)20)25-12-9-6-3/h4-13H2,1-3H3,(H,19,20)(H,21,22)(H,23,24). The maximum absolute atomic E-state index is 12.3. The van der Waals surface area contributed by atoms with Crippen LogP contribution in [0.4, 0.5) is 0 Å². The van der Waals surface area contributed by atoms with Crippen LogP contribution in [0.2, 0.25) is 0 Å². The Morgan fingerprint density at radius 1 is 0.800 bits per heavy atom. The summed E-state index contributed by atoms with van der Waals surface area (Å²) in [5.74, 6) is -4.19. The van der Waals surface area contributed by atoms with E-state index in [1.165, 1.54) is 0 Å². The fourth-order valence-electron chi connectivity index (χ4n) is 3.18. The lowest BCUT2D eigenvalue weighted by Gasteiger charge is -2.44. The number of rotatable bonds is 15. The van der Waals surface area contributed by atoms with E-state index in [2.05, 4.69) is 0 Å². The smallest absolute Gasteiger partial charge is 0.337 e. The van der Waals surface area contributed by atoms with E-state index in [0.717, 1.165) is 6.42 Å². The van der Waals surface area contributed by atoms with Gasteiger partial charge < -0.3 is 20.1 Å². The molecule has 7 nitrogen and oxygen atoms in total. The van der Waals surface area contributed by atoms with Crippen molar-refractivity contribution in [2.75, 3.05) is 6.61 Å². The Labute approximate surface area is 149 Å². The van der Waals surface area contributed by atoms with E-state index in [1.807, 2.05) is 20.8 Å². The van der Waals surface area contributed by atoms with Crippen molar-refractivity contribution < 1.29 is 34.4 Å². The molecule has 3 N–H and O–H groups in total. The minimum absolute atomic E-state index is 0.0172. The van der Waals surface area contributed by atoms with Crippen LogP contribution in [0.5, 0.6) is 0 Å². The predicted octanol–water partition coefficient (Wildman–Crippen LogP) is 3.55. The molecular weight excluding hydrogens is 328 g/mol. The number of hydrogen-bond acceptors (Lipinski definition) is 4. The second-order valence-electron chi connectivity index (χ2n) is 6.50. The van der Waals surface area contributed by atoms with Crippen LogP contribution in [-0.4, -0.2) is 45.4 Å². The number of ether oxygens (including phenoxy) is 1. The quantitative estimate of drug-likeness (QED) is 0.382. The molecule has 0 heterocycles. The van der Waals surface area contributed by atoms with Crippen molar-refractivity contribution in [3.8, 4) is 0 Å². The average molecular weight is 360 g/mol. The fourth-order valence-corrected chi connectivity index (χ4v) is 3.18. The molecule has 0 bridgehead atoms. The van der Waals surface area contributed by atoms with Crippen LogP contribution in [0, 0.1) is 5.41 Å². The first-order valence-corrected chi connectivity index (χ1v) is 9.06. The zero-order chi connectivity index (χ0) is 19.5. The maximum atomic E-state index is 12.3. The Hall–Kier alpha value is -1.63. The molecule has 0 saturated carbocycles. The minimum Gasteiger partial charge on any atom is -0.481 e. The summed E-state index contributed by atoms with van der Waals surface area (Å²) in [5, 5.41) is 29.2. The summed E-state index contributed by atoms with van der Waals surface area (Å²) in [7, 11) is 0. The zero-order valence-corrected chi connectivity index (χ0v) is 15.5. The summed E-state index contributed by atoms with van der Waals surface area (Å²) in [6.07, 6.45) is 2.88. The summed E-state index contributed by atoms with van der Waals surface area (Å²) in [6, 6.07) is 0. The normalized spacial score (nSPS) is 14.0. The van der Waals surface area contributed by atoms with Gasteiger partial charge in [-0.2, -0.15) is 0 Å². The molecular formula is C18H32O7. The van der Waals surface area contributed by atoms with Gasteiger partial charge in [-0.05, 0) is 19.3 Å². The average Bonchev–Trinajstić information content (AvgIpc) is 2.53. The van der Waals surface area contributed by atoms with Gasteiger partial charge in [-0.1, -0.05) is 52.9 Å². The summed E-state index contributed by atoms with van der Waals surface area (Å²) < 4.78 is 5.60. The Morgan fingerprint density at radius 3 is 1.60 bits per heavy atom. The molecule has 0 spiro atoms. The Bertz CT molecular complexity index is 439. The number of carboxylic acid groups (broad SMARTS) is 3. The van der Waals surface area contributed by atoms with Crippen LogP contribution in [0.3, 0.4) is 0 Å². The minimum atomic E-state index is -2.27. The van der Waals surface area contributed by atoms with Gasteiger partial charge in [0, 0.05) is 6.61 Å². The van der Waals surface area contributed by atoms with Crippen molar-refractivity contribution in [3.05, 3.63) is 0 Å². The highest BCUT2D eigenvalue weighted by molar-refractivity contribution is 5.92. The van der Waals surface area contributed by atoms with E-state index in [0.29, 0.717) is 32.1 Å². The Kier molecular flexibility index (Phi) is 10.4. The first-order valence-electron chi connectivity index (χ1n) is 9.06. The Balaban J connectivity index is 6.26. The summed E-state index contributed by atoms with van der Waals surface area (Å²) >= 11 is 0. The van der Waals surface area contributed by atoms with Crippen LogP contribution in [0.15, 0.2) is 0 Å². The van der Waals surface area contributed by atoms with Gasteiger partial charge in [0.1, 0.15) is 5.41 Å². The van der Waals surface area contributed by atoms with Crippen molar-refractivity contribution in [2.24, 2.45) is 5.41 Å². The second-order valence-corrected chi connectivity index (χ2v) is 6.50. The van der Waals surface area contributed by atoms with E-state index in [4.69, 9.17) is 4.74 Å². The molecule has 7 heteroatoms. The van der Waals surface area contributed by atoms with Crippen molar-refractivity contribution in [3.63, 3.8) is 0 Å². The molecule has 0 rings (SSSR count). The first kappa shape index (κ1) is 23.4. The molecule has 0 aliphatic carbocycles. The molecule has 0 amide bonds. The molecule has 1 unspecified atom stereocenters. The van der Waals surface area contributed by atoms with E-state index < -0.39 is 35.3 Å². The van der Waals surface area contributed by atoms with Crippen molar-refractivity contribution in [1.82, 2.24) is 0 Å². The second kappa shape index (κ2) is 11.1. The Morgan fingerprint density at radius 2 is 1.28 bits per heavy atom. The maximum Gasteiger partial charge on any atom is 0.337 e. The largest absolute Gasteiger partial charge is 0.481 e. The topological polar surface area (TPSA) is 121 Å². The lowest BCUT2D eigenvalue weighted by atomic mass is 9.64. The van der Waals surface area contributed by atoms with Crippen LogP contribution in [0.1, 0.15) is 78.6 Å². The van der Waals surface area contributed by atoms with Gasteiger partial charge in [-0.3, -0.25) is 9.59 Å². The van der Waals surface area contributed by atoms with Gasteiger partial charge >= 0.3 is 17.9 Å². The van der Waals surface area contributed by atoms with E-state index in [9.17, 15) is 29.7 Å². The van der Waals surface area contributed by atoms with Gasteiger partial charge in [0.2, 0.25) is 0 Å². The monoisotopic (exact) mass is 360 g/mol. The lowest BCUT2D eigenvalue weighted by molar-refractivity contribution is -0.208. The number of carbonyl (C=O) groups is 3. The molecule has 0 aromatic heterocycles. The van der Waals surface area contributed by atoms with Gasteiger partial charge in [-0.25, -0.2) is 4.79 Å². The number of hydrogen-bond donors (Lipinski definition) is 3. The highest BCUT2D eigenvalue weighted by Gasteiger charge is 2.62. The molecule has 0 aromatic carbocycles. The molecule has 0 aliphatic rings. The molecule has 0 radical (unpaired) electrons. The summed E-state index contributed by atoms with van der Waals surface area (Å²) in [4.78, 5) is 35.9. The van der Waals surface area contributed by atoms with Crippen molar-refractivity contribution >= 4 is 17.9 Å². The van der Waals surface area contributed by atoms with Crippen molar-refractivity contribution in [2.45, 2.75) is 84.2 Å².